The Bertz CT molecular complexity index is 298. The van der Waals surface area contributed by atoms with Gasteiger partial charge >= 0.3 is 0 Å². The van der Waals surface area contributed by atoms with E-state index in [0.29, 0.717) is 11.8 Å². The van der Waals surface area contributed by atoms with Gasteiger partial charge in [0, 0.05) is 19.8 Å². The number of hydrogen-bond donors (Lipinski definition) is 1. The van der Waals surface area contributed by atoms with Crippen molar-refractivity contribution < 1.29 is 0 Å². The topological polar surface area (TPSA) is 55.0 Å². The summed E-state index contributed by atoms with van der Waals surface area (Å²) in [5.74, 6) is 1.18. The number of hydrogen-bond acceptors (Lipinski definition) is 4. The van der Waals surface area contributed by atoms with E-state index in [1.165, 1.54) is 0 Å². The van der Waals surface area contributed by atoms with Crippen LogP contribution < -0.4 is 10.6 Å². The number of unbranched alkanes of at least 4 members (excludes halogenated alkanes) is 1. The molecule has 0 aliphatic carbocycles. The third-order valence-electron chi connectivity index (χ3n) is 1.91. The Morgan fingerprint density at radius 3 is 3.07 bits per heavy atom. The lowest BCUT2D eigenvalue weighted by Gasteiger charge is -2.16. The van der Waals surface area contributed by atoms with Crippen LogP contribution in [0.25, 0.3) is 0 Å². The van der Waals surface area contributed by atoms with Crippen LogP contribution in [0.5, 0.6) is 0 Å². The summed E-state index contributed by atoms with van der Waals surface area (Å²) in [6.45, 7) is 4.59. The lowest BCUT2D eigenvalue weighted by atomic mass is 10.3. The van der Waals surface area contributed by atoms with Crippen molar-refractivity contribution in [3.63, 3.8) is 0 Å². The zero-order valence-corrected chi connectivity index (χ0v) is 8.48. The van der Waals surface area contributed by atoms with Crippen molar-refractivity contribution in [2.24, 2.45) is 0 Å². The predicted molar refractivity (Wildman–Crippen MR) is 59.1 cm³/mol. The first-order chi connectivity index (χ1) is 6.74. The maximum absolute atomic E-state index is 5.56. The normalized spacial score (nSPS) is 9.79. The van der Waals surface area contributed by atoms with Crippen LogP contribution in [0.3, 0.4) is 0 Å². The second-order valence-electron chi connectivity index (χ2n) is 3.13. The van der Waals surface area contributed by atoms with E-state index >= 15 is 0 Å². The number of anilines is 2. The maximum Gasteiger partial charge on any atom is 0.226 e. The SMILES string of the molecule is C=CCCCN(C)c1nccc(N)n1. The lowest BCUT2D eigenvalue weighted by Crippen LogP contribution is -2.21. The van der Waals surface area contributed by atoms with Gasteiger partial charge in [-0.1, -0.05) is 6.08 Å². The molecule has 0 unspecified atom stereocenters. The van der Waals surface area contributed by atoms with E-state index in [-0.39, 0.29) is 0 Å². The molecule has 0 saturated carbocycles. The van der Waals surface area contributed by atoms with Crippen molar-refractivity contribution >= 4 is 11.8 Å². The molecule has 1 aromatic rings. The van der Waals surface area contributed by atoms with Crippen molar-refractivity contribution in [3.8, 4) is 0 Å². The molecule has 0 radical (unpaired) electrons. The zero-order chi connectivity index (χ0) is 10.4. The summed E-state index contributed by atoms with van der Waals surface area (Å²) in [6.07, 6.45) is 5.64. The van der Waals surface area contributed by atoms with Crippen LogP contribution in [-0.2, 0) is 0 Å². The number of nitrogens with zero attached hydrogens (tertiary/aromatic N) is 3. The fourth-order valence-corrected chi connectivity index (χ4v) is 1.12. The Labute approximate surface area is 84.5 Å². The molecule has 1 rings (SSSR count). The van der Waals surface area contributed by atoms with Crippen molar-refractivity contribution in [2.45, 2.75) is 12.8 Å². The smallest absolute Gasteiger partial charge is 0.226 e. The van der Waals surface area contributed by atoms with E-state index in [2.05, 4.69) is 16.5 Å². The quantitative estimate of drug-likeness (QED) is 0.567. The monoisotopic (exact) mass is 192 g/mol. The van der Waals surface area contributed by atoms with Crippen molar-refractivity contribution in [3.05, 3.63) is 24.9 Å². The Balaban J connectivity index is 2.51. The minimum atomic E-state index is 0.505. The molecule has 1 heterocycles. The van der Waals surface area contributed by atoms with Gasteiger partial charge in [-0.15, -0.1) is 6.58 Å². The Kier molecular flexibility index (Phi) is 3.91. The standard InChI is InChI=1S/C10H16N4/c1-3-4-5-8-14(2)10-12-7-6-9(11)13-10/h3,6-7H,1,4-5,8H2,2H3,(H2,11,12,13). The number of allylic oxidation sites excluding steroid dienone is 1. The number of rotatable bonds is 5. The van der Waals surface area contributed by atoms with Crippen LogP contribution in [0, 0.1) is 0 Å². The third kappa shape index (κ3) is 3.05. The summed E-state index contributed by atoms with van der Waals surface area (Å²) < 4.78 is 0. The zero-order valence-electron chi connectivity index (χ0n) is 8.48. The van der Waals surface area contributed by atoms with E-state index < -0.39 is 0 Å². The van der Waals surface area contributed by atoms with E-state index in [9.17, 15) is 0 Å². The molecule has 0 bridgehead atoms. The highest BCUT2D eigenvalue weighted by Gasteiger charge is 2.02. The summed E-state index contributed by atoms with van der Waals surface area (Å²) in [5, 5.41) is 0. The van der Waals surface area contributed by atoms with Crippen LogP contribution in [0.15, 0.2) is 24.9 Å². The second kappa shape index (κ2) is 5.21. The van der Waals surface area contributed by atoms with E-state index in [4.69, 9.17) is 5.73 Å². The highest BCUT2D eigenvalue weighted by Crippen LogP contribution is 2.07. The molecule has 4 heteroatoms. The molecule has 0 aromatic carbocycles. The molecule has 0 fully saturated rings. The van der Waals surface area contributed by atoms with Crippen LogP contribution in [0.4, 0.5) is 11.8 Å². The fraction of sp³-hybridized carbons (Fsp3) is 0.400. The van der Waals surface area contributed by atoms with Gasteiger partial charge in [0.1, 0.15) is 5.82 Å². The third-order valence-corrected chi connectivity index (χ3v) is 1.91. The van der Waals surface area contributed by atoms with Gasteiger partial charge in [-0.3, -0.25) is 0 Å². The summed E-state index contributed by atoms with van der Waals surface area (Å²) >= 11 is 0. The molecular weight excluding hydrogens is 176 g/mol. The molecule has 1 aromatic heterocycles. The summed E-state index contributed by atoms with van der Waals surface area (Å²) in [5.41, 5.74) is 5.56. The predicted octanol–water partition coefficient (Wildman–Crippen LogP) is 1.46. The van der Waals surface area contributed by atoms with Crippen molar-refractivity contribution in [2.75, 3.05) is 24.2 Å². The molecule has 0 amide bonds. The van der Waals surface area contributed by atoms with Crippen LogP contribution in [-0.4, -0.2) is 23.6 Å². The van der Waals surface area contributed by atoms with Gasteiger partial charge in [-0.25, -0.2) is 4.98 Å². The molecular formula is C10H16N4. The highest BCUT2D eigenvalue weighted by molar-refractivity contribution is 5.36. The van der Waals surface area contributed by atoms with Gasteiger partial charge in [0.2, 0.25) is 5.95 Å². The molecule has 0 atom stereocenters. The van der Waals surface area contributed by atoms with Gasteiger partial charge < -0.3 is 10.6 Å². The van der Waals surface area contributed by atoms with Gasteiger partial charge in [0.25, 0.3) is 0 Å². The van der Waals surface area contributed by atoms with E-state index in [1.807, 2.05) is 18.0 Å². The molecule has 2 N–H and O–H groups in total. The highest BCUT2D eigenvalue weighted by atomic mass is 15.2. The first kappa shape index (κ1) is 10.5. The van der Waals surface area contributed by atoms with Crippen LogP contribution in [0.1, 0.15) is 12.8 Å². The number of nitrogen functional groups attached to an aromatic ring is 1. The minimum Gasteiger partial charge on any atom is -0.384 e. The average Bonchev–Trinajstić information content (AvgIpc) is 2.18. The largest absolute Gasteiger partial charge is 0.384 e. The van der Waals surface area contributed by atoms with Crippen LogP contribution in [0.2, 0.25) is 0 Å². The van der Waals surface area contributed by atoms with Gasteiger partial charge in [0.05, 0.1) is 0 Å². The average molecular weight is 192 g/mol. The van der Waals surface area contributed by atoms with Crippen molar-refractivity contribution in [1.29, 1.82) is 0 Å². The van der Waals surface area contributed by atoms with Crippen LogP contribution >= 0.6 is 0 Å². The van der Waals surface area contributed by atoms with Crippen molar-refractivity contribution in [1.82, 2.24) is 9.97 Å². The van der Waals surface area contributed by atoms with Gasteiger partial charge in [0.15, 0.2) is 0 Å². The Morgan fingerprint density at radius 2 is 2.43 bits per heavy atom. The summed E-state index contributed by atoms with van der Waals surface area (Å²) in [7, 11) is 1.96. The van der Waals surface area contributed by atoms with Gasteiger partial charge in [-0.05, 0) is 18.9 Å². The van der Waals surface area contributed by atoms with E-state index in [1.54, 1.807) is 12.3 Å². The molecule has 14 heavy (non-hydrogen) atoms. The fourth-order valence-electron chi connectivity index (χ4n) is 1.12. The minimum absolute atomic E-state index is 0.505. The molecule has 4 nitrogen and oxygen atoms in total. The Hall–Kier alpha value is -1.58. The first-order valence-corrected chi connectivity index (χ1v) is 4.64. The second-order valence-corrected chi connectivity index (χ2v) is 3.13. The van der Waals surface area contributed by atoms with Gasteiger partial charge in [-0.2, -0.15) is 4.98 Å². The molecule has 0 aliphatic rings. The number of aromatic nitrogens is 2. The summed E-state index contributed by atoms with van der Waals surface area (Å²) in [6, 6.07) is 1.68. The molecule has 0 saturated heterocycles. The molecule has 76 valence electrons. The number of nitrogens with two attached hydrogens (primary N) is 1. The van der Waals surface area contributed by atoms with E-state index in [0.717, 1.165) is 19.4 Å². The molecule has 0 aliphatic heterocycles. The Morgan fingerprint density at radius 1 is 1.64 bits per heavy atom. The summed E-state index contributed by atoms with van der Waals surface area (Å²) in [4.78, 5) is 10.2. The maximum atomic E-state index is 5.56. The molecule has 0 spiro atoms. The first-order valence-electron chi connectivity index (χ1n) is 4.64. The lowest BCUT2D eigenvalue weighted by molar-refractivity contribution is 0.780.